The average molecular weight is 297 g/mol. The number of nitrogens with one attached hydrogen (secondary N) is 1. The molecule has 0 aromatic heterocycles. The highest BCUT2D eigenvalue weighted by atomic mass is 35.5. The lowest BCUT2D eigenvalue weighted by molar-refractivity contribution is -0.121. The molecule has 1 aromatic carbocycles. The van der Waals surface area contributed by atoms with Gasteiger partial charge in [-0.15, -0.1) is 0 Å². The van der Waals surface area contributed by atoms with Crippen molar-refractivity contribution in [3.8, 4) is 0 Å². The number of likely N-dealkylation sites (N-methyl/N-ethyl adjacent to an activating group) is 1. The number of benzene rings is 1. The van der Waals surface area contributed by atoms with Crippen LogP contribution in [-0.2, 0) is 11.2 Å². The van der Waals surface area contributed by atoms with Gasteiger partial charge in [0.15, 0.2) is 0 Å². The van der Waals surface area contributed by atoms with Gasteiger partial charge in [-0.1, -0.05) is 43.6 Å². The van der Waals surface area contributed by atoms with E-state index in [0.29, 0.717) is 25.4 Å². The van der Waals surface area contributed by atoms with Crippen molar-refractivity contribution in [3.05, 3.63) is 34.9 Å². The molecule has 0 spiro atoms. The van der Waals surface area contributed by atoms with Gasteiger partial charge in [-0.2, -0.15) is 0 Å². The number of nitrogens with zero attached hydrogens (tertiary/aromatic N) is 1. The second-order valence-corrected chi connectivity index (χ2v) is 5.37. The monoisotopic (exact) mass is 296 g/mol. The maximum Gasteiger partial charge on any atom is 0.220 e. The summed E-state index contributed by atoms with van der Waals surface area (Å²) in [5, 5.41) is 3.73. The highest BCUT2D eigenvalue weighted by molar-refractivity contribution is 6.31. The Balaban J connectivity index is 2.32. The maximum absolute atomic E-state index is 11.9. The molecule has 1 aromatic rings. The first kappa shape index (κ1) is 17.0. The third-order valence-electron chi connectivity index (χ3n) is 3.61. The Kier molecular flexibility index (Phi) is 7.63. The smallest absolute Gasteiger partial charge is 0.220 e. The van der Waals surface area contributed by atoms with Gasteiger partial charge in [0, 0.05) is 24.0 Å². The number of aryl methyl sites for hydroxylation is 1. The molecule has 0 bridgehead atoms. The zero-order valence-corrected chi connectivity index (χ0v) is 13.4. The molecule has 20 heavy (non-hydrogen) atoms. The van der Waals surface area contributed by atoms with E-state index in [9.17, 15) is 4.79 Å². The largest absolute Gasteiger partial charge is 0.355 e. The molecule has 112 valence electrons. The fourth-order valence-electron chi connectivity index (χ4n) is 2.28. The van der Waals surface area contributed by atoms with Gasteiger partial charge in [-0.25, -0.2) is 0 Å². The molecular formula is C16H25ClN2O. The van der Waals surface area contributed by atoms with E-state index in [0.717, 1.165) is 23.7 Å². The van der Waals surface area contributed by atoms with Crippen molar-refractivity contribution in [2.75, 3.05) is 19.6 Å². The summed E-state index contributed by atoms with van der Waals surface area (Å²) in [7, 11) is 0. The van der Waals surface area contributed by atoms with Gasteiger partial charge in [-0.3, -0.25) is 9.69 Å². The summed E-state index contributed by atoms with van der Waals surface area (Å²) in [6, 6.07) is 8.04. The normalized spacial score (nSPS) is 12.4. The first-order valence-corrected chi connectivity index (χ1v) is 7.70. The summed E-state index contributed by atoms with van der Waals surface area (Å²) in [6.07, 6.45) is 1.17. The van der Waals surface area contributed by atoms with Crippen molar-refractivity contribution >= 4 is 17.5 Å². The van der Waals surface area contributed by atoms with Crippen molar-refractivity contribution in [2.24, 2.45) is 0 Å². The van der Waals surface area contributed by atoms with Gasteiger partial charge in [-0.05, 0) is 38.1 Å². The van der Waals surface area contributed by atoms with Crippen LogP contribution >= 0.6 is 11.6 Å². The van der Waals surface area contributed by atoms with Crippen LogP contribution in [0.3, 0.4) is 0 Å². The Hall–Kier alpha value is -1.06. The number of carbonyl (C=O) groups excluding carboxylic acids is 1. The van der Waals surface area contributed by atoms with E-state index in [4.69, 9.17) is 11.6 Å². The standard InChI is InChI=1S/C16H25ClN2O/c1-4-19(5-2)13(3)12-18-16(20)11-10-14-8-6-7-9-15(14)17/h6-9,13H,4-5,10-12H2,1-3H3,(H,18,20). The van der Waals surface area contributed by atoms with Crippen LogP contribution in [0.15, 0.2) is 24.3 Å². The van der Waals surface area contributed by atoms with Crippen LogP contribution in [0.25, 0.3) is 0 Å². The fraction of sp³-hybridized carbons (Fsp3) is 0.562. The SMILES string of the molecule is CCN(CC)C(C)CNC(=O)CCc1ccccc1Cl. The molecule has 0 saturated heterocycles. The Morgan fingerprint density at radius 1 is 1.30 bits per heavy atom. The third-order valence-corrected chi connectivity index (χ3v) is 3.98. The number of rotatable bonds is 8. The summed E-state index contributed by atoms with van der Waals surface area (Å²) in [5.74, 6) is 0.0870. The zero-order valence-electron chi connectivity index (χ0n) is 12.7. The Morgan fingerprint density at radius 2 is 1.95 bits per heavy atom. The van der Waals surface area contributed by atoms with E-state index in [1.54, 1.807) is 0 Å². The Labute approximate surface area is 127 Å². The van der Waals surface area contributed by atoms with Crippen LogP contribution in [0.5, 0.6) is 0 Å². The molecule has 4 heteroatoms. The van der Waals surface area contributed by atoms with Crippen LogP contribution < -0.4 is 5.32 Å². The van der Waals surface area contributed by atoms with E-state index >= 15 is 0 Å². The number of hydrogen-bond acceptors (Lipinski definition) is 2. The van der Waals surface area contributed by atoms with Crippen LogP contribution in [0.4, 0.5) is 0 Å². The lowest BCUT2D eigenvalue weighted by atomic mass is 10.1. The van der Waals surface area contributed by atoms with Gasteiger partial charge in [0.05, 0.1) is 0 Å². The quantitative estimate of drug-likeness (QED) is 0.799. The molecule has 0 heterocycles. The third kappa shape index (κ3) is 5.51. The summed E-state index contributed by atoms with van der Waals surface area (Å²) in [5.41, 5.74) is 1.03. The number of amides is 1. The number of halogens is 1. The van der Waals surface area contributed by atoms with E-state index in [1.165, 1.54) is 0 Å². The zero-order chi connectivity index (χ0) is 15.0. The predicted molar refractivity (Wildman–Crippen MR) is 85.2 cm³/mol. The molecule has 1 rings (SSSR count). The van der Waals surface area contributed by atoms with Crippen molar-refractivity contribution < 1.29 is 4.79 Å². The molecule has 1 N–H and O–H groups in total. The first-order valence-electron chi connectivity index (χ1n) is 7.32. The van der Waals surface area contributed by atoms with Crippen molar-refractivity contribution in [3.63, 3.8) is 0 Å². The highest BCUT2D eigenvalue weighted by Gasteiger charge is 2.11. The van der Waals surface area contributed by atoms with Gasteiger partial charge in [0.1, 0.15) is 0 Å². The molecule has 1 amide bonds. The Morgan fingerprint density at radius 3 is 2.55 bits per heavy atom. The van der Waals surface area contributed by atoms with Crippen LogP contribution in [-0.4, -0.2) is 36.5 Å². The summed E-state index contributed by atoms with van der Waals surface area (Å²) in [6.45, 7) is 9.13. The molecule has 0 saturated carbocycles. The molecule has 0 aliphatic carbocycles. The second-order valence-electron chi connectivity index (χ2n) is 4.97. The van der Waals surface area contributed by atoms with E-state index in [2.05, 4.69) is 31.0 Å². The molecule has 3 nitrogen and oxygen atoms in total. The van der Waals surface area contributed by atoms with E-state index in [-0.39, 0.29) is 5.91 Å². The Bertz CT molecular complexity index is 419. The molecule has 0 fully saturated rings. The van der Waals surface area contributed by atoms with Crippen LogP contribution in [0.1, 0.15) is 32.8 Å². The minimum Gasteiger partial charge on any atom is -0.355 e. The summed E-state index contributed by atoms with van der Waals surface area (Å²) in [4.78, 5) is 14.2. The van der Waals surface area contributed by atoms with Crippen LogP contribution in [0.2, 0.25) is 5.02 Å². The average Bonchev–Trinajstić information content (AvgIpc) is 2.45. The lowest BCUT2D eigenvalue weighted by Gasteiger charge is -2.26. The molecular weight excluding hydrogens is 272 g/mol. The minimum absolute atomic E-state index is 0.0870. The second kappa shape index (κ2) is 8.98. The lowest BCUT2D eigenvalue weighted by Crippen LogP contribution is -2.42. The summed E-state index contributed by atoms with van der Waals surface area (Å²) < 4.78 is 0. The van der Waals surface area contributed by atoms with Gasteiger partial charge < -0.3 is 5.32 Å². The van der Waals surface area contributed by atoms with E-state index < -0.39 is 0 Å². The molecule has 0 aliphatic heterocycles. The predicted octanol–water partition coefficient (Wildman–Crippen LogP) is 3.12. The summed E-state index contributed by atoms with van der Waals surface area (Å²) >= 11 is 6.08. The van der Waals surface area contributed by atoms with Crippen molar-refractivity contribution in [2.45, 2.75) is 39.7 Å². The molecule has 0 aliphatic rings. The topological polar surface area (TPSA) is 32.3 Å². The van der Waals surface area contributed by atoms with E-state index in [1.807, 2.05) is 24.3 Å². The van der Waals surface area contributed by atoms with Crippen molar-refractivity contribution in [1.82, 2.24) is 10.2 Å². The first-order chi connectivity index (χ1) is 9.58. The van der Waals surface area contributed by atoms with Gasteiger partial charge in [0.2, 0.25) is 5.91 Å². The molecule has 1 atom stereocenters. The number of carbonyl (C=O) groups is 1. The highest BCUT2D eigenvalue weighted by Crippen LogP contribution is 2.16. The maximum atomic E-state index is 11.9. The molecule has 0 radical (unpaired) electrons. The minimum atomic E-state index is 0.0870. The van der Waals surface area contributed by atoms with Gasteiger partial charge >= 0.3 is 0 Å². The number of hydrogen-bond donors (Lipinski definition) is 1. The van der Waals surface area contributed by atoms with Gasteiger partial charge in [0.25, 0.3) is 0 Å². The fourth-order valence-corrected chi connectivity index (χ4v) is 2.51. The molecule has 1 unspecified atom stereocenters. The van der Waals surface area contributed by atoms with Crippen LogP contribution in [0, 0.1) is 0 Å². The van der Waals surface area contributed by atoms with Crippen molar-refractivity contribution in [1.29, 1.82) is 0 Å².